The molecule has 0 unspecified atom stereocenters. The lowest BCUT2D eigenvalue weighted by molar-refractivity contribution is 0.0819. The van der Waals surface area contributed by atoms with Crippen molar-refractivity contribution in [3.05, 3.63) is 65.2 Å². The Morgan fingerprint density at radius 3 is 2.84 bits per heavy atom. The first kappa shape index (κ1) is 17.2. The Morgan fingerprint density at radius 2 is 2.12 bits per heavy atom. The maximum atomic E-state index is 13.1. The lowest BCUT2D eigenvalue weighted by Gasteiger charge is -2.23. The maximum absolute atomic E-state index is 13.1. The predicted molar refractivity (Wildman–Crippen MR) is 102 cm³/mol. The number of rotatable bonds is 3. The van der Waals surface area contributed by atoms with Crippen LogP contribution in [0.4, 0.5) is 5.69 Å². The Labute approximate surface area is 152 Å². The van der Waals surface area contributed by atoms with Crippen molar-refractivity contribution in [2.24, 2.45) is 4.99 Å². The molecule has 0 N–H and O–H groups in total. The van der Waals surface area contributed by atoms with Gasteiger partial charge in [0, 0.05) is 17.4 Å². The van der Waals surface area contributed by atoms with Crippen molar-refractivity contribution < 1.29 is 4.79 Å². The van der Waals surface area contributed by atoms with Gasteiger partial charge in [-0.2, -0.15) is 5.26 Å². The first-order chi connectivity index (χ1) is 12.1. The Balaban J connectivity index is 1.97. The number of aryl methyl sites for hydroxylation is 1. The van der Waals surface area contributed by atoms with Gasteiger partial charge in [-0.05, 0) is 49.2 Å². The number of nitrogens with zero attached hydrogens (tertiary/aromatic N) is 3. The summed E-state index contributed by atoms with van der Waals surface area (Å²) < 4.78 is 0. The molecule has 4 nitrogen and oxygen atoms in total. The maximum Gasteiger partial charge on any atom is 0.260 e. The molecule has 1 aliphatic heterocycles. The van der Waals surface area contributed by atoms with Crippen LogP contribution in [-0.2, 0) is 0 Å². The smallest absolute Gasteiger partial charge is 0.260 e. The highest BCUT2D eigenvalue weighted by atomic mass is 32.2. The molecule has 25 heavy (non-hydrogen) atoms. The molecule has 3 rings (SSSR count). The van der Waals surface area contributed by atoms with Gasteiger partial charge in [0.2, 0.25) is 0 Å². The van der Waals surface area contributed by atoms with Crippen molar-refractivity contribution in [3.63, 3.8) is 0 Å². The number of nitriles is 1. The van der Waals surface area contributed by atoms with Crippen LogP contribution in [0.3, 0.4) is 0 Å². The monoisotopic (exact) mass is 349 g/mol. The van der Waals surface area contributed by atoms with E-state index in [4.69, 9.17) is 10.3 Å². The molecule has 0 saturated carbocycles. The standard InChI is InChI=1S/C20H19N3OS/c1-3-18-13-25-20(22-17-9-4-6-14(2)10-17)23(18)19(24)16-8-5-7-15(11-16)12-21/h4-11,18H,3,13H2,1-2H3/t18-/m0/s1. The zero-order chi connectivity index (χ0) is 17.8. The fourth-order valence-electron chi connectivity index (χ4n) is 2.78. The molecule has 1 aliphatic rings. The van der Waals surface area contributed by atoms with Crippen LogP contribution in [0, 0.1) is 18.3 Å². The average Bonchev–Trinajstić information content (AvgIpc) is 3.03. The molecule has 1 heterocycles. The second-order valence-electron chi connectivity index (χ2n) is 5.97. The van der Waals surface area contributed by atoms with Crippen LogP contribution in [0.15, 0.2) is 53.5 Å². The lowest BCUT2D eigenvalue weighted by Crippen LogP contribution is -2.39. The van der Waals surface area contributed by atoms with Gasteiger partial charge in [0.15, 0.2) is 5.17 Å². The third-order valence-corrected chi connectivity index (χ3v) is 5.23. The van der Waals surface area contributed by atoms with E-state index in [9.17, 15) is 4.79 Å². The normalized spacial score (nSPS) is 18.4. The Bertz CT molecular complexity index is 869. The SMILES string of the molecule is CC[C@H]1CSC(=Nc2cccc(C)c2)N1C(=O)c1cccc(C#N)c1. The third kappa shape index (κ3) is 3.75. The molecule has 0 bridgehead atoms. The van der Waals surface area contributed by atoms with Crippen LogP contribution in [0.2, 0.25) is 0 Å². The number of carbonyl (C=O) groups is 1. The summed E-state index contributed by atoms with van der Waals surface area (Å²) in [4.78, 5) is 19.6. The van der Waals surface area contributed by atoms with Crippen LogP contribution >= 0.6 is 11.8 Å². The van der Waals surface area contributed by atoms with Gasteiger partial charge in [0.05, 0.1) is 17.3 Å². The van der Waals surface area contributed by atoms with Gasteiger partial charge in [-0.1, -0.05) is 36.9 Å². The molecule has 126 valence electrons. The summed E-state index contributed by atoms with van der Waals surface area (Å²) in [5, 5.41) is 9.80. The van der Waals surface area contributed by atoms with E-state index in [-0.39, 0.29) is 11.9 Å². The van der Waals surface area contributed by atoms with Gasteiger partial charge in [-0.15, -0.1) is 0 Å². The molecule has 0 spiro atoms. The molecule has 5 heteroatoms. The van der Waals surface area contributed by atoms with E-state index in [0.29, 0.717) is 11.1 Å². The van der Waals surface area contributed by atoms with Crippen molar-refractivity contribution in [2.75, 3.05) is 5.75 Å². The van der Waals surface area contributed by atoms with Crippen LogP contribution < -0.4 is 0 Å². The largest absolute Gasteiger partial charge is 0.283 e. The Hall–Kier alpha value is -2.58. The summed E-state index contributed by atoms with van der Waals surface area (Å²) in [7, 11) is 0. The van der Waals surface area contributed by atoms with Crippen LogP contribution in [-0.4, -0.2) is 27.8 Å². The van der Waals surface area contributed by atoms with Crippen molar-refractivity contribution >= 4 is 28.5 Å². The van der Waals surface area contributed by atoms with E-state index < -0.39 is 0 Å². The highest BCUT2D eigenvalue weighted by molar-refractivity contribution is 8.14. The molecule has 1 saturated heterocycles. The van der Waals surface area contributed by atoms with Gasteiger partial charge in [-0.3, -0.25) is 9.69 Å². The number of thioether (sulfide) groups is 1. The van der Waals surface area contributed by atoms with Gasteiger partial charge in [0.1, 0.15) is 0 Å². The van der Waals surface area contributed by atoms with E-state index in [1.807, 2.05) is 31.2 Å². The number of hydrogen-bond donors (Lipinski definition) is 0. The highest BCUT2D eigenvalue weighted by Gasteiger charge is 2.34. The molecule has 0 radical (unpaired) electrons. The van der Waals surface area contributed by atoms with E-state index in [2.05, 4.69) is 13.0 Å². The fourth-order valence-corrected chi connectivity index (χ4v) is 4.05. The minimum Gasteiger partial charge on any atom is -0.283 e. The van der Waals surface area contributed by atoms with Crippen LogP contribution in [0.5, 0.6) is 0 Å². The minimum absolute atomic E-state index is 0.0969. The second kappa shape index (κ2) is 7.54. The Kier molecular flexibility index (Phi) is 5.20. The highest BCUT2D eigenvalue weighted by Crippen LogP contribution is 2.30. The molecule has 2 aromatic carbocycles. The number of amidine groups is 1. The van der Waals surface area contributed by atoms with Gasteiger partial charge in [0.25, 0.3) is 5.91 Å². The molecule has 1 atom stereocenters. The van der Waals surface area contributed by atoms with Crippen LogP contribution in [0.25, 0.3) is 0 Å². The quantitative estimate of drug-likeness (QED) is 0.818. The van der Waals surface area contributed by atoms with E-state index in [0.717, 1.165) is 28.6 Å². The van der Waals surface area contributed by atoms with Crippen LogP contribution in [0.1, 0.15) is 34.8 Å². The van der Waals surface area contributed by atoms with Crippen molar-refractivity contribution in [1.82, 2.24) is 4.90 Å². The summed E-state index contributed by atoms with van der Waals surface area (Å²) in [6.07, 6.45) is 0.865. The molecule has 0 aliphatic carbocycles. The molecular weight excluding hydrogens is 330 g/mol. The Morgan fingerprint density at radius 1 is 1.32 bits per heavy atom. The number of hydrogen-bond acceptors (Lipinski definition) is 4. The summed E-state index contributed by atoms with van der Waals surface area (Å²) >= 11 is 1.61. The number of amides is 1. The first-order valence-electron chi connectivity index (χ1n) is 8.24. The lowest BCUT2D eigenvalue weighted by atomic mass is 10.1. The molecule has 1 fully saturated rings. The van der Waals surface area contributed by atoms with E-state index in [1.165, 1.54) is 0 Å². The minimum atomic E-state index is -0.0969. The van der Waals surface area contributed by atoms with Crippen molar-refractivity contribution in [2.45, 2.75) is 26.3 Å². The summed E-state index contributed by atoms with van der Waals surface area (Å²) in [5.74, 6) is 0.741. The topological polar surface area (TPSA) is 56.5 Å². The number of aliphatic imine (C=N–C) groups is 1. The summed E-state index contributed by atoms with van der Waals surface area (Å²) in [5.41, 5.74) is 3.00. The first-order valence-corrected chi connectivity index (χ1v) is 9.23. The molecular formula is C20H19N3OS. The summed E-state index contributed by atoms with van der Waals surface area (Å²) in [6.45, 7) is 4.10. The molecule has 2 aromatic rings. The fraction of sp³-hybridized carbons (Fsp3) is 0.250. The van der Waals surface area contributed by atoms with E-state index >= 15 is 0 Å². The molecule has 0 aromatic heterocycles. The van der Waals surface area contributed by atoms with Gasteiger partial charge in [-0.25, -0.2) is 4.99 Å². The summed E-state index contributed by atoms with van der Waals surface area (Å²) in [6, 6.07) is 17.0. The van der Waals surface area contributed by atoms with Gasteiger partial charge >= 0.3 is 0 Å². The van der Waals surface area contributed by atoms with Crippen molar-refractivity contribution in [3.8, 4) is 6.07 Å². The molecule has 1 amide bonds. The number of benzene rings is 2. The second-order valence-corrected chi connectivity index (χ2v) is 6.96. The van der Waals surface area contributed by atoms with Gasteiger partial charge < -0.3 is 0 Å². The number of carbonyl (C=O) groups excluding carboxylic acids is 1. The predicted octanol–water partition coefficient (Wildman–Crippen LogP) is 4.52. The van der Waals surface area contributed by atoms with E-state index in [1.54, 1.807) is 40.9 Å². The average molecular weight is 349 g/mol. The zero-order valence-electron chi connectivity index (χ0n) is 14.3. The zero-order valence-corrected chi connectivity index (χ0v) is 15.1. The van der Waals surface area contributed by atoms with Crippen molar-refractivity contribution in [1.29, 1.82) is 5.26 Å². The third-order valence-electron chi connectivity index (χ3n) is 4.13.